The summed E-state index contributed by atoms with van der Waals surface area (Å²) in [6, 6.07) is 12.0. The van der Waals surface area contributed by atoms with Gasteiger partial charge >= 0.3 is 6.36 Å². The number of hydrogen-bond acceptors (Lipinski definition) is 4. The van der Waals surface area contributed by atoms with E-state index in [0.29, 0.717) is 11.3 Å². The summed E-state index contributed by atoms with van der Waals surface area (Å²) in [5.41, 5.74) is 1.11. The van der Waals surface area contributed by atoms with E-state index >= 15 is 0 Å². The van der Waals surface area contributed by atoms with Crippen molar-refractivity contribution in [2.45, 2.75) is 19.8 Å². The molecule has 0 aliphatic rings. The van der Waals surface area contributed by atoms with Crippen LogP contribution in [0.4, 0.5) is 18.9 Å². The molecule has 0 aliphatic carbocycles. The van der Waals surface area contributed by atoms with Crippen LogP contribution in [0.15, 0.2) is 48.5 Å². The van der Waals surface area contributed by atoms with E-state index < -0.39 is 34.6 Å². The van der Waals surface area contributed by atoms with Gasteiger partial charge in [-0.25, -0.2) is 8.42 Å². The summed E-state index contributed by atoms with van der Waals surface area (Å²) < 4.78 is 66.5. The summed E-state index contributed by atoms with van der Waals surface area (Å²) in [6.45, 7) is 0.943. The maximum absolute atomic E-state index is 12.5. The van der Waals surface area contributed by atoms with Crippen molar-refractivity contribution in [3.8, 4) is 5.75 Å². The van der Waals surface area contributed by atoms with Crippen molar-refractivity contribution in [3.63, 3.8) is 0 Å². The van der Waals surface area contributed by atoms with Gasteiger partial charge in [-0.15, -0.1) is 13.2 Å². The minimum Gasteiger partial charge on any atom is -0.405 e. The highest BCUT2D eigenvalue weighted by molar-refractivity contribution is 7.92. The Balaban J connectivity index is 2.12. The fraction of sp³-hybridized carbons (Fsp3) is 0.278. The number of sulfonamides is 1. The number of halogens is 3. The largest absolute Gasteiger partial charge is 0.573 e. The Kier molecular flexibility index (Phi) is 6.55. The van der Waals surface area contributed by atoms with Crippen molar-refractivity contribution in [2.75, 3.05) is 17.1 Å². The summed E-state index contributed by atoms with van der Waals surface area (Å²) in [4.78, 5) is 12.3. The third-order valence-corrected chi connectivity index (χ3v) is 4.87. The molecule has 1 amide bonds. The lowest BCUT2D eigenvalue weighted by molar-refractivity contribution is -0.274. The van der Waals surface area contributed by atoms with Crippen molar-refractivity contribution in [1.29, 1.82) is 0 Å². The predicted molar refractivity (Wildman–Crippen MR) is 98.3 cm³/mol. The highest BCUT2D eigenvalue weighted by atomic mass is 32.2. The summed E-state index contributed by atoms with van der Waals surface area (Å²) >= 11 is 0. The van der Waals surface area contributed by atoms with Crippen LogP contribution < -0.4 is 14.4 Å². The molecule has 0 heterocycles. The summed E-state index contributed by atoms with van der Waals surface area (Å²) in [6.07, 6.45) is -3.89. The predicted octanol–water partition coefficient (Wildman–Crippen LogP) is 2.98. The molecule has 1 N–H and O–H groups in total. The van der Waals surface area contributed by atoms with Gasteiger partial charge in [0.15, 0.2) is 0 Å². The molecule has 10 heteroatoms. The molecule has 0 saturated heterocycles. The van der Waals surface area contributed by atoms with Crippen molar-refractivity contribution >= 4 is 21.6 Å². The van der Waals surface area contributed by atoms with Gasteiger partial charge in [0.1, 0.15) is 12.3 Å². The molecule has 0 atom stereocenters. The third kappa shape index (κ3) is 6.15. The van der Waals surface area contributed by atoms with E-state index in [2.05, 4.69) is 10.1 Å². The minimum absolute atomic E-state index is 0.106. The van der Waals surface area contributed by atoms with E-state index in [0.717, 1.165) is 16.6 Å². The molecule has 2 aromatic carbocycles. The monoisotopic (exact) mass is 416 g/mol. The Morgan fingerprint density at radius 2 is 1.71 bits per heavy atom. The number of alkyl halides is 3. The van der Waals surface area contributed by atoms with Gasteiger partial charge in [-0.2, -0.15) is 0 Å². The quantitative estimate of drug-likeness (QED) is 0.753. The van der Waals surface area contributed by atoms with Gasteiger partial charge in [0.05, 0.1) is 11.9 Å². The van der Waals surface area contributed by atoms with Crippen molar-refractivity contribution in [1.82, 2.24) is 5.32 Å². The Hall–Kier alpha value is -2.75. The maximum Gasteiger partial charge on any atom is 0.573 e. The number of ether oxygens (including phenoxy) is 1. The van der Waals surface area contributed by atoms with E-state index in [9.17, 15) is 26.4 Å². The van der Waals surface area contributed by atoms with Gasteiger partial charge < -0.3 is 10.1 Å². The molecule has 0 aliphatic heterocycles. The molecule has 6 nitrogen and oxygen atoms in total. The van der Waals surface area contributed by atoms with Crippen LogP contribution >= 0.6 is 0 Å². The first-order valence-corrected chi connectivity index (χ1v) is 9.96. The molecule has 2 rings (SSSR count). The number of nitrogens with one attached hydrogen (secondary N) is 1. The van der Waals surface area contributed by atoms with Crippen LogP contribution in [0.25, 0.3) is 0 Å². The molecule has 0 bridgehead atoms. The van der Waals surface area contributed by atoms with E-state index in [-0.39, 0.29) is 12.1 Å². The molecular formula is C18H19F3N2O4S. The van der Waals surface area contributed by atoms with Gasteiger partial charge in [0.2, 0.25) is 15.9 Å². The fourth-order valence-corrected chi connectivity index (χ4v) is 3.39. The van der Waals surface area contributed by atoms with Crippen LogP contribution in [0, 0.1) is 6.92 Å². The molecule has 28 heavy (non-hydrogen) atoms. The molecule has 0 saturated carbocycles. The van der Waals surface area contributed by atoms with Crippen LogP contribution in [-0.2, 0) is 21.4 Å². The Morgan fingerprint density at radius 3 is 2.32 bits per heavy atom. The first-order chi connectivity index (χ1) is 13.0. The fourth-order valence-electron chi connectivity index (χ4n) is 2.48. The van der Waals surface area contributed by atoms with Crippen LogP contribution in [0.1, 0.15) is 11.1 Å². The number of benzene rings is 2. The molecule has 0 spiro atoms. The zero-order valence-corrected chi connectivity index (χ0v) is 16.0. The second-order valence-corrected chi connectivity index (χ2v) is 7.90. The van der Waals surface area contributed by atoms with Crippen molar-refractivity contribution in [2.24, 2.45) is 0 Å². The molecule has 2 aromatic rings. The Bertz CT molecular complexity index is 946. The summed E-state index contributed by atoms with van der Waals surface area (Å²) in [5.74, 6) is -1.11. The SMILES string of the molecule is Cc1ccccc1N(CC(=O)NCc1ccccc1OC(F)(F)F)S(C)(=O)=O. The summed E-state index contributed by atoms with van der Waals surface area (Å²) in [7, 11) is -3.75. The average Bonchev–Trinajstić information content (AvgIpc) is 2.57. The first kappa shape index (κ1) is 21.5. The van der Waals surface area contributed by atoms with Gasteiger partial charge in [-0.3, -0.25) is 9.10 Å². The van der Waals surface area contributed by atoms with E-state index in [1.165, 1.54) is 18.2 Å². The zero-order chi connectivity index (χ0) is 20.9. The van der Waals surface area contributed by atoms with Crippen LogP contribution in [0.2, 0.25) is 0 Å². The van der Waals surface area contributed by atoms with Crippen molar-refractivity contribution < 1.29 is 31.1 Å². The number of aryl methyl sites for hydroxylation is 1. The van der Waals surface area contributed by atoms with E-state index in [1.54, 1.807) is 31.2 Å². The topological polar surface area (TPSA) is 75.7 Å². The highest BCUT2D eigenvalue weighted by Gasteiger charge is 2.32. The van der Waals surface area contributed by atoms with Crippen molar-refractivity contribution in [3.05, 3.63) is 59.7 Å². The second kappa shape index (κ2) is 8.51. The van der Waals surface area contributed by atoms with Crippen LogP contribution in [0.5, 0.6) is 5.75 Å². The highest BCUT2D eigenvalue weighted by Crippen LogP contribution is 2.26. The summed E-state index contributed by atoms with van der Waals surface area (Å²) in [5, 5.41) is 2.42. The standard InChI is InChI=1S/C18H19F3N2O4S/c1-13-7-3-5-9-15(13)23(28(2,25)26)12-17(24)22-11-14-8-4-6-10-16(14)27-18(19,20)21/h3-10H,11-12H2,1-2H3,(H,22,24). The molecule has 0 aromatic heterocycles. The molecule has 152 valence electrons. The lowest BCUT2D eigenvalue weighted by atomic mass is 10.2. The molecular weight excluding hydrogens is 397 g/mol. The number of hydrogen-bond donors (Lipinski definition) is 1. The van der Waals surface area contributed by atoms with Gasteiger partial charge in [-0.1, -0.05) is 36.4 Å². The number of rotatable bonds is 7. The lowest BCUT2D eigenvalue weighted by Gasteiger charge is -2.23. The molecule has 0 radical (unpaired) electrons. The second-order valence-electron chi connectivity index (χ2n) is 5.99. The number of anilines is 1. The average molecular weight is 416 g/mol. The molecule has 0 unspecified atom stereocenters. The first-order valence-electron chi connectivity index (χ1n) is 8.11. The number of amides is 1. The number of nitrogens with zero attached hydrogens (tertiary/aromatic N) is 1. The maximum atomic E-state index is 12.5. The van der Waals surface area contributed by atoms with Gasteiger partial charge in [-0.05, 0) is 24.6 Å². The smallest absolute Gasteiger partial charge is 0.405 e. The van der Waals surface area contributed by atoms with E-state index in [4.69, 9.17) is 0 Å². The Labute approximate surface area is 161 Å². The van der Waals surface area contributed by atoms with Crippen LogP contribution in [0.3, 0.4) is 0 Å². The lowest BCUT2D eigenvalue weighted by Crippen LogP contribution is -2.40. The van der Waals surface area contributed by atoms with Gasteiger partial charge in [0.25, 0.3) is 0 Å². The third-order valence-electron chi connectivity index (χ3n) is 3.75. The minimum atomic E-state index is -4.86. The normalized spacial score (nSPS) is 11.8. The number of carbonyl (C=O) groups is 1. The zero-order valence-electron chi connectivity index (χ0n) is 15.2. The number of para-hydroxylation sites is 2. The van der Waals surface area contributed by atoms with E-state index in [1.807, 2.05) is 0 Å². The number of carbonyl (C=O) groups excluding carboxylic acids is 1. The van der Waals surface area contributed by atoms with Gasteiger partial charge in [0, 0.05) is 12.1 Å². The molecule has 0 fully saturated rings. The Morgan fingerprint density at radius 1 is 1.11 bits per heavy atom. The van der Waals surface area contributed by atoms with Crippen LogP contribution in [-0.4, -0.2) is 33.5 Å².